The summed E-state index contributed by atoms with van der Waals surface area (Å²) in [5, 5.41) is 2.62. The molecule has 1 saturated heterocycles. The molecule has 10 heteroatoms. The maximum atomic E-state index is 12.9. The summed E-state index contributed by atoms with van der Waals surface area (Å²) in [7, 11) is -2.38. The lowest BCUT2D eigenvalue weighted by Gasteiger charge is -2.26. The first kappa shape index (κ1) is 18.2. The molecular formula is C16H18N4O5S. The largest absolute Gasteiger partial charge is 0.495 e. The second kappa shape index (κ2) is 7.77. The van der Waals surface area contributed by atoms with Gasteiger partial charge in [-0.1, -0.05) is 0 Å². The summed E-state index contributed by atoms with van der Waals surface area (Å²) in [6.07, 6.45) is 4.18. The van der Waals surface area contributed by atoms with Crippen LogP contribution in [0.4, 0.5) is 5.69 Å². The van der Waals surface area contributed by atoms with Crippen LogP contribution in [0.1, 0.15) is 10.5 Å². The van der Waals surface area contributed by atoms with Crippen LogP contribution in [0.5, 0.6) is 5.75 Å². The highest BCUT2D eigenvalue weighted by Crippen LogP contribution is 2.30. The van der Waals surface area contributed by atoms with Gasteiger partial charge >= 0.3 is 0 Å². The summed E-state index contributed by atoms with van der Waals surface area (Å²) in [6, 6.07) is 4.43. The van der Waals surface area contributed by atoms with Crippen molar-refractivity contribution in [3.8, 4) is 5.75 Å². The number of rotatable bonds is 5. The van der Waals surface area contributed by atoms with Crippen LogP contribution in [0, 0.1) is 0 Å². The van der Waals surface area contributed by atoms with Crippen molar-refractivity contribution >= 4 is 21.6 Å². The van der Waals surface area contributed by atoms with E-state index in [1.807, 2.05) is 0 Å². The van der Waals surface area contributed by atoms with E-state index >= 15 is 0 Å². The van der Waals surface area contributed by atoms with Crippen molar-refractivity contribution in [1.82, 2.24) is 14.3 Å². The van der Waals surface area contributed by atoms with Crippen LogP contribution in [0.15, 0.2) is 41.7 Å². The molecule has 0 bridgehead atoms. The van der Waals surface area contributed by atoms with Crippen LogP contribution in [0.25, 0.3) is 0 Å². The van der Waals surface area contributed by atoms with Crippen LogP contribution < -0.4 is 10.1 Å². The fourth-order valence-corrected chi connectivity index (χ4v) is 4.08. The van der Waals surface area contributed by atoms with Crippen molar-refractivity contribution in [2.45, 2.75) is 4.90 Å². The second-order valence-corrected chi connectivity index (χ2v) is 7.33. The predicted octanol–water partition coefficient (Wildman–Crippen LogP) is 0.758. The third-order valence-electron chi connectivity index (χ3n) is 3.81. The lowest BCUT2D eigenvalue weighted by Crippen LogP contribution is -2.40. The molecule has 2 heterocycles. The first-order valence-electron chi connectivity index (χ1n) is 7.85. The third kappa shape index (κ3) is 3.82. The third-order valence-corrected chi connectivity index (χ3v) is 5.73. The van der Waals surface area contributed by atoms with Crippen molar-refractivity contribution in [3.63, 3.8) is 0 Å². The Labute approximate surface area is 151 Å². The van der Waals surface area contributed by atoms with Gasteiger partial charge < -0.3 is 14.8 Å². The molecule has 0 unspecified atom stereocenters. The molecule has 9 nitrogen and oxygen atoms in total. The Morgan fingerprint density at radius 3 is 2.69 bits per heavy atom. The van der Waals surface area contributed by atoms with Gasteiger partial charge in [0, 0.05) is 31.2 Å². The van der Waals surface area contributed by atoms with Crippen molar-refractivity contribution in [2.24, 2.45) is 0 Å². The lowest BCUT2D eigenvalue weighted by molar-refractivity contribution is 0.0729. The molecule has 138 valence electrons. The highest BCUT2D eigenvalue weighted by molar-refractivity contribution is 7.89. The molecule has 0 atom stereocenters. The van der Waals surface area contributed by atoms with Crippen LogP contribution >= 0.6 is 0 Å². The number of aromatic nitrogens is 2. The predicted molar refractivity (Wildman–Crippen MR) is 92.6 cm³/mol. The molecule has 0 radical (unpaired) electrons. The minimum absolute atomic E-state index is 0.0150. The number of ether oxygens (including phenoxy) is 2. The zero-order chi connectivity index (χ0) is 18.6. The number of morpholine rings is 1. The minimum atomic E-state index is -3.78. The number of anilines is 1. The first-order chi connectivity index (χ1) is 12.5. The molecule has 1 aliphatic rings. The molecule has 2 aromatic rings. The number of methoxy groups -OCH3 is 1. The van der Waals surface area contributed by atoms with Crippen molar-refractivity contribution < 1.29 is 22.7 Å². The standard InChI is InChI=1S/C16H18N4O5S/c1-24-14-3-2-12(19-16(21)13-11-17-4-5-18-13)10-15(14)26(22,23)20-6-8-25-9-7-20/h2-5,10-11H,6-9H2,1H3,(H,19,21). The van der Waals surface area contributed by atoms with E-state index in [9.17, 15) is 13.2 Å². The molecule has 0 saturated carbocycles. The van der Waals surface area contributed by atoms with Crippen molar-refractivity contribution in [2.75, 3.05) is 38.7 Å². The number of amides is 1. The number of hydrogen-bond donors (Lipinski definition) is 1. The number of sulfonamides is 1. The number of carbonyl (C=O) groups excluding carboxylic acids is 1. The molecule has 1 aliphatic heterocycles. The van der Waals surface area contributed by atoms with Crippen molar-refractivity contribution in [3.05, 3.63) is 42.5 Å². The van der Waals surface area contributed by atoms with Gasteiger partial charge in [0.2, 0.25) is 10.0 Å². The van der Waals surface area contributed by atoms with Gasteiger partial charge in [-0.15, -0.1) is 0 Å². The minimum Gasteiger partial charge on any atom is -0.495 e. The molecule has 3 rings (SSSR count). The smallest absolute Gasteiger partial charge is 0.275 e. The van der Waals surface area contributed by atoms with Gasteiger partial charge in [0.05, 0.1) is 26.5 Å². The average molecular weight is 378 g/mol. The fourth-order valence-electron chi connectivity index (χ4n) is 2.49. The van der Waals surface area contributed by atoms with Gasteiger partial charge in [-0.2, -0.15) is 4.31 Å². The molecule has 1 fully saturated rings. The fraction of sp³-hybridized carbons (Fsp3) is 0.312. The number of benzene rings is 1. The number of carbonyl (C=O) groups is 1. The summed E-state index contributed by atoms with van der Waals surface area (Å²) in [5.74, 6) is -0.285. The molecule has 1 N–H and O–H groups in total. The summed E-state index contributed by atoms with van der Waals surface area (Å²) in [4.78, 5) is 19.9. The van der Waals surface area contributed by atoms with Crippen LogP contribution in [-0.4, -0.2) is 62.0 Å². The number of nitrogens with one attached hydrogen (secondary N) is 1. The Bertz CT molecular complexity index is 883. The van der Waals surface area contributed by atoms with Gasteiger partial charge in [-0.3, -0.25) is 9.78 Å². The Morgan fingerprint density at radius 1 is 1.27 bits per heavy atom. The number of hydrogen-bond acceptors (Lipinski definition) is 7. The number of nitrogens with zero attached hydrogens (tertiary/aromatic N) is 3. The van der Waals surface area contributed by atoms with Gasteiger partial charge in [-0.05, 0) is 18.2 Å². The zero-order valence-electron chi connectivity index (χ0n) is 14.1. The van der Waals surface area contributed by atoms with Crippen LogP contribution in [0.3, 0.4) is 0 Å². The summed E-state index contributed by atoms with van der Waals surface area (Å²) >= 11 is 0. The highest BCUT2D eigenvalue weighted by Gasteiger charge is 2.29. The van der Waals surface area contributed by atoms with Gasteiger partial charge in [0.1, 0.15) is 16.3 Å². The monoisotopic (exact) mass is 378 g/mol. The SMILES string of the molecule is COc1ccc(NC(=O)c2cnccn2)cc1S(=O)(=O)N1CCOCC1. The molecule has 1 aromatic heterocycles. The Hall–Kier alpha value is -2.56. The van der Waals surface area contributed by atoms with E-state index in [1.54, 1.807) is 6.07 Å². The van der Waals surface area contributed by atoms with E-state index in [0.717, 1.165) is 0 Å². The maximum absolute atomic E-state index is 12.9. The quantitative estimate of drug-likeness (QED) is 0.817. The molecule has 1 aromatic carbocycles. The molecule has 26 heavy (non-hydrogen) atoms. The van der Waals surface area contributed by atoms with E-state index in [0.29, 0.717) is 18.9 Å². The van der Waals surface area contributed by atoms with Crippen LogP contribution in [-0.2, 0) is 14.8 Å². The van der Waals surface area contributed by atoms with Gasteiger partial charge in [-0.25, -0.2) is 13.4 Å². The zero-order valence-corrected chi connectivity index (χ0v) is 14.9. The van der Waals surface area contributed by atoms with E-state index in [2.05, 4.69) is 15.3 Å². The van der Waals surface area contributed by atoms with E-state index in [1.165, 1.54) is 42.1 Å². The molecule has 1 amide bonds. The highest BCUT2D eigenvalue weighted by atomic mass is 32.2. The van der Waals surface area contributed by atoms with Crippen molar-refractivity contribution in [1.29, 1.82) is 0 Å². The van der Waals surface area contributed by atoms with Gasteiger partial charge in [0.15, 0.2) is 0 Å². The van der Waals surface area contributed by atoms with E-state index in [-0.39, 0.29) is 29.4 Å². The Balaban J connectivity index is 1.90. The van der Waals surface area contributed by atoms with E-state index < -0.39 is 15.9 Å². The summed E-state index contributed by atoms with van der Waals surface area (Å²) in [5.41, 5.74) is 0.439. The molecule has 0 aliphatic carbocycles. The molecular weight excluding hydrogens is 360 g/mol. The normalized spacial score (nSPS) is 15.4. The summed E-state index contributed by atoms with van der Waals surface area (Å²) < 4.78 is 37.6. The Morgan fingerprint density at radius 2 is 2.04 bits per heavy atom. The lowest BCUT2D eigenvalue weighted by atomic mass is 10.3. The van der Waals surface area contributed by atoms with E-state index in [4.69, 9.17) is 9.47 Å². The van der Waals surface area contributed by atoms with Crippen LogP contribution in [0.2, 0.25) is 0 Å². The first-order valence-corrected chi connectivity index (χ1v) is 9.29. The summed E-state index contributed by atoms with van der Waals surface area (Å²) in [6.45, 7) is 1.21. The Kier molecular flexibility index (Phi) is 5.45. The average Bonchev–Trinajstić information content (AvgIpc) is 2.69. The topological polar surface area (TPSA) is 111 Å². The molecule has 0 spiro atoms. The second-order valence-electron chi connectivity index (χ2n) is 5.43. The van der Waals surface area contributed by atoms with Gasteiger partial charge in [0.25, 0.3) is 5.91 Å². The maximum Gasteiger partial charge on any atom is 0.275 e.